The number of rotatable bonds is 7. The largest absolute Gasteiger partial charge is 0.467 e. The number of nitrogens with zero attached hydrogens (tertiary/aromatic N) is 2. The number of aromatic nitrogens is 2. The van der Waals surface area contributed by atoms with E-state index in [1.807, 2.05) is 25.1 Å². The fourth-order valence-electron chi connectivity index (χ4n) is 2.80. The lowest BCUT2D eigenvalue weighted by atomic mass is 9.97. The molecule has 5 nitrogen and oxygen atoms in total. The van der Waals surface area contributed by atoms with Gasteiger partial charge >= 0.3 is 0 Å². The predicted octanol–water partition coefficient (Wildman–Crippen LogP) is 4.29. The monoisotopic (exact) mass is 312 g/mol. The molecule has 0 saturated carbocycles. The lowest BCUT2D eigenvalue weighted by Gasteiger charge is -2.13. The lowest BCUT2D eigenvalue weighted by Crippen LogP contribution is -2.09. The second kappa shape index (κ2) is 7.81. The number of aryl methyl sites for hydroxylation is 1. The first-order chi connectivity index (χ1) is 11.3. The van der Waals surface area contributed by atoms with Crippen molar-refractivity contribution in [2.75, 3.05) is 17.2 Å². The number of hydrogen-bond acceptors (Lipinski definition) is 5. The fourth-order valence-corrected chi connectivity index (χ4v) is 2.80. The molecule has 2 heterocycles. The van der Waals surface area contributed by atoms with Gasteiger partial charge in [-0.3, -0.25) is 0 Å². The van der Waals surface area contributed by atoms with Crippen LogP contribution in [0.4, 0.5) is 11.8 Å². The molecule has 0 amide bonds. The molecule has 23 heavy (non-hydrogen) atoms. The number of nitrogens with one attached hydrogen (secondary N) is 2. The van der Waals surface area contributed by atoms with Crippen molar-refractivity contribution in [2.24, 2.45) is 0 Å². The van der Waals surface area contributed by atoms with Crippen molar-refractivity contribution in [3.63, 3.8) is 0 Å². The first-order valence-electron chi connectivity index (χ1n) is 8.33. The molecule has 0 atom stereocenters. The zero-order valence-corrected chi connectivity index (χ0v) is 13.6. The maximum atomic E-state index is 5.31. The Bertz CT molecular complexity index is 649. The molecular formula is C18H24N4O. The molecular weight excluding hydrogens is 288 g/mol. The topological polar surface area (TPSA) is 63.0 Å². The lowest BCUT2D eigenvalue weighted by molar-refractivity contribution is 0.517. The van der Waals surface area contributed by atoms with Gasteiger partial charge in [0, 0.05) is 18.3 Å². The van der Waals surface area contributed by atoms with Crippen LogP contribution in [0, 0.1) is 6.92 Å². The summed E-state index contributed by atoms with van der Waals surface area (Å²) in [6, 6.07) is 5.79. The van der Waals surface area contributed by atoms with Gasteiger partial charge in [0.05, 0.1) is 12.8 Å². The van der Waals surface area contributed by atoms with Gasteiger partial charge in [-0.2, -0.15) is 4.98 Å². The average Bonchev–Trinajstić information content (AvgIpc) is 3.07. The van der Waals surface area contributed by atoms with Crippen molar-refractivity contribution >= 4 is 11.8 Å². The first-order valence-corrected chi connectivity index (χ1v) is 8.33. The SMILES string of the molecule is Cc1cc(NCCC2=CCCCC2)nc(NCc2ccco2)n1. The summed E-state index contributed by atoms with van der Waals surface area (Å²) in [7, 11) is 0. The standard InChI is InChI=1S/C18H24N4O/c1-14-12-17(19-10-9-15-6-3-2-4-7-15)22-18(21-14)20-13-16-8-5-11-23-16/h5-6,8,11-12H,2-4,7,9-10,13H2,1H3,(H2,19,20,21,22). The van der Waals surface area contributed by atoms with Gasteiger partial charge in [-0.05, 0) is 51.2 Å². The molecule has 0 unspecified atom stereocenters. The first kappa shape index (κ1) is 15.6. The summed E-state index contributed by atoms with van der Waals surface area (Å²) in [5, 5.41) is 6.61. The van der Waals surface area contributed by atoms with Crippen LogP contribution in [-0.2, 0) is 6.54 Å². The molecule has 3 rings (SSSR count). The maximum Gasteiger partial charge on any atom is 0.225 e. The van der Waals surface area contributed by atoms with E-state index < -0.39 is 0 Å². The molecule has 2 aromatic heterocycles. The predicted molar refractivity (Wildman–Crippen MR) is 92.5 cm³/mol. The van der Waals surface area contributed by atoms with Crippen LogP contribution in [-0.4, -0.2) is 16.5 Å². The van der Waals surface area contributed by atoms with Crippen LogP contribution in [0.25, 0.3) is 0 Å². The highest BCUT2D eigenvalue weighted by Crippen LogP contribution is 2.20. The third-order valence-corrected chi connectivity index (χ3v) is 3.99. The fraction of sp³-hybridized carbons (Fsp3) is 0.444. The zero-order chi connectivity index (χ0) is 15.9. The molecule has 1 aliphatic carbocycles. The summed E-state index contributed by atoms with van der Waals surface area (Å²) in [6.45, 7) is 3.48. The van der Waals surface area contributed by atoms with E-state index in [1.165, 1.54) is 25.7 Å². The molecule has 122 valence electrons. The van der Waals surface area contributed by atoms with E-state index in [1.54, 1.807) is 11.8 Å². The molecule has 0 fully saturated rings. The highest BCUT2D eigenvalue weighted by atomic mass is 16.3. The van der Waals surface area contributed by atoms with Crippen LogP contribution in [0.3, 0.4) is 0 Å². The molecule has 0 bridgehead atoms. The van der Waals surface area contributed by atoms with Crippen LogP contribution in [0.2, 0.25) is 0 Å². The molecule has 0 saturated heterocycles. The Kier molecular flexibility index (Phi) is 5.29. The van der Waals surface area contributed by atoms with E-state index in [-0.39, 0.29) is 0 Å². The van der Waals surface area contributed by atoms with Gasteiger partial charge in [-0.15, -0.1) is 0 Å². The molecule has 2 aromatic rings. The van der Waals surface area contributed by atoms with Crippen LogP contribution in [0.5, 0.6) is 0 Å². The highest BCUT2D eigenvalue weighted by Gasteiger charge is 2.05. The number of allylic oxidation sites excluding steroid dienone is 1. The minimum Gasteiger partial charge on any atom is -0.467 e. The van der Waals surface area contributed by atoms with Crippen LogP contribution < -0.4 is 10.6 Å². The third-order valence-electron chi connectivity index (χ3n) is 3.99. The quantitative estimate of drug-likeness (QED) is 0.747. The van der Waals surface area contributed by atoms with Gasteiger partial charge in [0.2, 0.25) is 5.95 Å². The summed E-state index contributed by atoms with van der Waals surface area (Å²) in [5.74, 6) is 2.37. The maximum absolute atomic E-state index is 5.31. The van der Waals surface area contributed by atoms with Gasteiger partial charge in [0.1, 0.15) is 11.6 Å². The average molecular weight is 312 g/mol. The van der Waals surface area contributed by atoms with Crippen LogP contribution in [0.15, 0.2) is 40.5 Å². The highest BCUT2D eigenvalue weighted by molar-refractivity contribution is 5.42. The van der Waals surface area contributed by atoms with E-state index in [2.05, 4.69) is 26.7 Å². The summed E-state index contributed by atoms with van der Waals surface area (Å²) in [6.07, 6.45) is 10.3. The summed E-state index contributed by atoms with van der Waals surface area (Å²) in [4.78, 5) is 8.94. The Labute approximate surface area is 137 Å². The molecule has 0 aromatic carbocycles. The van der Waals surface area contributed by atoms with Gasteiger partial charge in [-0.1, -0.05) is 11.6 Å². The normalized spacial score (nSPS) is 14.4. The van der Waals surface area contributed by atoms with E-state index >= 15 is 0 Å². The Morgan fingerprint density at radius 3 is 2.96 bits per heavy atom. The number of hydrogen-bond donors (Lipinski definition) is 2. The molecule has 0 radical (unpaired) electrons. The third kappa shape index (κ3) is 4.84. The van der Waals surface area contributed by atoms with Gasteiger partial charge < -0.3 is 15.1 Å². The van der Waals surface area contributed by atoms with Gasteiger partial charge in [0.25, 0.3) is 0 Å². The summed E-state index contributed by atoms with van der Waals surface area (Å²) < 4.78 is 5.31. The van der Waals surface area contributed by atoms with Crippen LogP contribution in [0.1, 0.15) is 43.6 Å². The van der Waals surface area contributed by atoms with Crippen molar-refractivity contribution < 1.29 is 4.42 Å². The van der Waals surface area contributed by atoms with E-state index in [0.29, 0.717) is 12.5 Å². The number of anilines is 2. The Morgan fingerprint density at radius 2 is 2.17 bits per heavy atom. The molecule has 2 N–H and O–H groups in total. The van der Waals surface area contributed by atoms with Gasteiger partial charge in [-0.25, -0.2) is 4.98 Å². The zero-order valence-electron chi connectivity index (χ0n) is 13.6. The van der Waals surface area contributed by atoms with Crippen LogP contribution >= 0.6 is 0 Å². The Balaban J connectivity index is 1.53. The van der Waals surface area contributed by atoms with Crippen molar-refractivity contribution in [1.82, 2.24) is 9.97 Å². The van der Waals surface area contributed by atoms with Crippen molar-refractivity contribution in [3.8, 4) is 0 Å². The second-order valence-corrected chi connectivity index (χ2v) is 5.94. The van der Waals surface area contributed by atoms with Crippen molar-refractivity contribution in [1.29, 1.82) is 0 Å². The van der Waals surface area contributed by atoms with E-state index in [0.717, 1.165) is 30.2 Å². The minimum absolute atomic E-state index is 0.586. The number of furan rings is 1. The molecule has 1 aliphatic rings. The van der Waals surface area contributed by atoms with Crippen molar-refractivity contribution in [2.45, 2.75) is 45.6 Å². The van der Waals surface area contributed by atoms with E-state index in [4.69, 9.17) is 4.42 Å². The van der Waals surface area contributed by atoms with E-state index in [9.17, 15) is 0 Å². The van der Waals surface area contributed by atoms with Crippen molar-refractivity contribution in [3.05, 3.63) is 47.6 Å². The summed E-state index contributed by atoms with van der Waals surface area (Å²) in [5.41, 5.74) is 2.52. The minimum atomic E-state index is 0.586. The molecule has 0 spiro atoms. The van der Waals surface area contributed by atoms with Gasteiger partial charge in [0.15, 0.2) is 0 Å². The second-order valence-electron chi connectivity index (χ2n) is 5.94. The Hall–Kier alpha value is -2.30. The molecule has 0 aliphatic heterocycles. The Morgan fingerprint density at radius 1 is 1.22 bits per heavy atom. The smallest absolute Gasteiger partial charge is 0.225 e. The molecule has 5 heteroatoms. The summed E-state index contributed by atoms with van der Waals surface area (Å²) >= 11 is 0.